The lowest BCUT2D eigenvalue weighted by molar-refractivity contribution is -0.120. The molecule has 0 spiro atoms. The van der Waals surface area contributed by atoms with Gasteiger partial charge in [-0.3, -0.25) is 14.4 Å². The van der Waals surface area contributed by atoms with Gasteiger partial charge in [-0.15, -0.1) is 11.8 Å². The van der Waals surface area contributed by atoms with E-state index in [9.17, 15) is 18.8 Å². The van der Waals surface area contributed by atoms with Crippen molar-refractivity contribution in [1.82, 2.24) is 10.2 Å². The van der Waals surface area contributed by atoms with Gasteiger partial charge in [0.05, 0.1) is 11.0 Å². The summed E-state index contributed by atoms with van der Waals surface area (Å²) < 4.78 is 12.9. The number of nitrogens with zero attached hydrogens (tertiary/aromatic N) is 1. The number of anilines is 1. The number of carbonyl (C=O) groups is 3. The molecular formula is C24H28FN3O3S. The first-order chi connectivity index (χ1) is 15.4. The molecule has 2 N–H and O–H groups in total. The number of rotatable bonds is 8. The molecule has 1 fully saturated rings. The van der Waals surface area contributed by atoms with E-state index in [1.54, 1.807) is 13.0 Å². The molecule has 0 aromatic heterocycles. The largest absolute Gasteiger partial charge is 0.351 e. The minimum Gasteiger partial charge on any atom is -0.351 e. The normalized spacial score (nSPS) is 14.5. The lowest BCUT2D eigenvalue weighted by atomic mass is 10.1. The van der Waals surface area contributed by atoms with Crippen molar-refractivity contribution in [2.24, 2.45) is 0 Å². The zero-order chi connectivity index (χ0) is 22.9. The van der Waals surface area contributed by atoms with Crippen molar-refractivity contribution in [1.29, 1.82) is 0 Å². The van der Waals surface area contributed by atoms with Crippen molar-refractivity contribution < 1.29 is 18.8 Å². The second kappa shape index (κ2) is 11.7. The van der Waals surface area contributed by atoms with Crippen molar-refractivity contribution >= 4 is 35.2 Å². The van der Waals surface area contributed by atoms with E-state index < -0.39 is 5.25 Å². The maximum Gasteiger partial charge on any atom is 0.253 e. The van der Waals surface area contributed by atoms with E-state index in [1.165, 1.54) is 42.4 Å². The third kappa shape index (κ3) is 7.09. The highest BCUT2D eigenvalue weighted by Gasteiger charge is 2.19. The lowest BCUT2D eigenvalue weighted by Crippen LogP contribution is -2.35. The van der Waals surface area contributed by atoms with Crippen LogP contribution in [-0.4, -0.2) is 46.7 Å². The third-order valence-corrected chi connectivity index (χ3v) is 6.39. The van der Waals surface area contributed by atoms with Crippen molar-refractivity contribution in [3.63, 3.8) is 0 Å². The molecule has 1 heterocycles. The predicted octanol–water partition coefficient (Wildman–Crippen LogP) is 3.83. The average molecular weight is 458 g/mol. The molecule has 0 bridgehead atoms. The zero-order valence-electron chi connectivity index (χ0n) is 18.1. The van der Waals surface area contributed by atoms with Gasteiger partial charge >= 0.3 is 0 Å². The fourth-order valence-corrected chi connectivity index (χ4v) is 4.14. The highest BCUT2D eigenvalue weighted by molar-refractivity contribution is 8.01. The Balaban J connectivity index is 1.43. The SMILES string of the molecule is CC(SCC(=O)Nc1ccc(F)cc1)C(=O)NCc1cccc(C(=O)N2CCCCC2)c1. The van der Waals surface area contributed by atoms with Gasteiger partial charge in [0, 0.05) is 30.9 Å². The standard InChI is InChI=1S/C24H28FN3O3S/c1-17(32-16-22(29)27-21-10-8-20(25)9-11-21)23(30)26-15-18-6-5-7-19(14-18)24(31)28-12-3-2-4-13-28/h5-11,14,17H,2-4,12-13,15-16H2,1H3,(H,26,30)(H,27,29). The van der Waals surface area contributed by atoms with Gasteiger partial charge in [-0.2, -0.15) is 0 Å². The minimum absolute atomic E-state index is 0.0361. The number of thioether (sulfide) groups is 1. The Hall–Kier alpha value is -2.87. The predicted molar refractivity (Wildman–Crippen MR) is 125 cm³/mol. The summed E-state index contributed by atoms with van der Waals surface area (Å²) in [5.74, 6) is -0.674. The number of hydrogen-bond acceptors (Lipinski definition) is 4. The molecular weight excluding hydrogens is 429 g/mol. The molecule has 3 rings (SSSR count). The number of carbonyl (C=O) groups excluding carboxylic acids is 3. The summed E-state index contributed by atoms with van der Waals surface area (Å²) in [6, 6.07) is 12.8. The molecule has 2 aromatic carbocycles. The number of nitrogens with one attached hydrogen (secondary N) is 2. The quantitative estimate of drug-likeness (QED) is 0.632. The molecule has 3 amide bonds. The lowest BCUT2D eigenvalue weighted by Gasteiger charge is -2.26. The maximum absolute atomic E-state index is 12.9. The molecule has 1 aliphatic heterocycles. The van der Waals surface area contributed by atoms with Crippen LogP contribution in [-0.2, 0) is 16.1 Å². The highest BCUT2D eigenvalue weighted by atomic mass is 32.2. The smallest absolute Gasteiger partial charge is 0.253 e. The van der Waals surface area contributed by atoms with Crippen LogP contribution < -0.4 is 10.6 Å². The summed E-state index contributed by atoms with van der Waals surface area (Å²) >= 11 is 1.22. The molecule has 1 aliphatic rings. The second-order valence-corrected chi connectivity index (χ2v) is 9.11. The fraction of sp³-hybridized carbons (Fsp3) is 0.375. The van der Waals surface area contributed by atoms with E-state index in [0.717, 1.165) is 31.5 Å². The van der Waals surface area contributed by atoms with Crippen LogP contribution >= 0.6 is 11.8 Å². The Morgan fingerprint density at radius 1 is 1.06 bits per heavy atom. The van der Waals surface area contributed by atoms with E-state index in [1.807, 2.05) is 23.1 Å². The van der Waals surface area contributed by atoms with E-state index in [0.29, 0.717) is 17.8 Å². The Bertz CT molecular complexity index is 946. The molecule has 2 aromatic rings. The molecule has 6 nitrogen and oxygen atoms in total. The molecule has 1 saturated heterocycles. The van der Waals surface area contributed by atoms with Gasteiger partial charge in [0.15, 0.2) is 0 Å². The van der Waals surface area contributed by atoms with E-state index in [2.05, 4.69) is 10.6 Å². The van der Waals surface area contributed by atoms with Gasteiger partial charge in [-0.05, 0) is 68.1 Å². The molecule has 0 radical (unpaired) electrons. The van der Waals surface area contributed by atoms with Gasteiger partial charge in [-0.1, -0.05) is 12.1 Å². The summed E-state index contributed by atoms with van der Waals surface area (Å²) in [4.78, 5) is 39.0. The monoisotopic (exact) mass is 457 g/mol. The molecule has 0 saturated carbocycles. The van der Waals surface area contributed by atoms with Gasteiger partial charge in [0.1, 0.15) is 5.82 Å². The topological polar surface area (TPSA) is 78.5 Å². The highest BCUT2D eigenvalue weighted by Crippen LogP contribution is 2.16. The molecule has 1 unspecified atom stereocenters. The van der Waals surface area contributed by atoms with E-state index in [-0.39, 0.29) is 29.3 Å². The van der Waals surface area contributed by atoms with Crippen LogP contribution in [0.1, 0.15) is 42.1 Å². The Kier molecular flexibility index (Phi) is 8.67. The first-order valence-electron chi connectivity index (χ1n) is 10.8. The number of benzene rings is 2. The maximum atomic E-state index is 12.9. The number of amides is 3. The number of piperidine rings is 1. The van der Waals surface area contributed by atoms with Crippen molar-refractivity contribution in [2.45, 2.75) is 38.0 Å². The van der Waals surface area contributed by atoms with Crippen molar-refractivity contribution in [2.75, 3.05) is 24.2 Å². The van der Waals surface area contributed by atoms with Gasteiger partial charge in [0.2, 0.25) is 11.8 Å². The van der Waals surface area contributed by atoms with Crippen LogP contribution in [0.25, 0.3) is 0 Å². The third-order valence-electron chi connectivity index (χ3n) is 5.25. The van der Waals surface area contributed by atoms with Crippen LogP contribution in [0.4, 0.5) is 10.1 Å². The number of likely N-dealkylation sites (tertiary alicyclic amines) is 1. The van der Waals surface area contributed by atoms with Crippen molar-refractivity contribution in [3.05, 3.63) is 65.5 Å². The van der Waals surface area contributed by atoms with Crippen LogP contribution in [0.3, 0.4) is 0 Å². The number of hydrogen-bond donors (Lipinski definition) is 2. The number of halogens is 1. The summed E-state index contributed by atoms with van der Waals surface area (Å²) in [5, 5.41) is 5.11. The molecule has 0 aliphatic carbocycles. The van der Waals surface area contributed by atoms with Gasteiger partial charge in [0.25, 0.3) is 5.91 Å². The molecule has 8 heteroatoms. The zero-order valence-corrected chi connectivity index (χ0v) is 18.9. The molecule has 32 heavy (non-hydrogen) atoms. The Morgan fingerprint density at radius 2 is 1.78 bits per heavy atom. The second-order valence-electron chi connectivity index (χ2n) is 7.78. The van der Waals surface area contributed by atoms with Crippen LogP contribution in [0.15, 0.2) is 48.5 Å². The van der Waals surface area contributed by atoms with Crippen LogP contribution in [0, 0.1) is 5.82 Å². The van der Waals surface area contributed by atoms with Gasteiger partial charge < -0.3 is 15.5 Å². The minimum atomic E-state index is -0.424. The fourth-order valence-electron chi connectivity index (χ4n) is 3.43. The summed E-state index contributed by atoms with van der Waals surface area (Å²) in [7, 11) is 0. The molecule has 1 atom stereocenters. The first-order valence-corrected chi connectivity index (χ1v) is 11.8. The van der Waals surface area contributed by atoms with Gasteiger partial charge in [-0.25, -0.2) is 4.39 Å². The van der Waals surface area contributed by atoms with E-state index in [4.69, 9.17) is 0 Å². The van der Waals surface area contributed by atoms with E-state index >= 15 is 0 Å². The Morgan fingerprint density at radius 3 is 2.50 bits per heavy atom. The van der Waals surface area contributed by atoms with Crippen molar-refractivity contribution in [3.8, 4) is 0 Å². The van der Waals surface area contributed by atoms with Crippen LogP contribution in [0.2, 0.25) is 0 Å². The summed E-state index contributed by atoms with van der Waals surface area (Å²) in [6.45, 7) is 3.64. The average Bonchev–Trinajstić information content (AvgIpc) is 2.82. The first kappa shape index (κ1) is 23.8. The summed E-state index contributed by atoms with van der Waals surface area (Å²) in [5.41, 5.74) is 2.00. The molecule has 170 valence electrons. The Labute approximate surface area is 191 Å². The van der Waals surface area contributed by atoms with Crippen LogP contribution in [0.5, 0.6) is 0 Å². The summed E-state index contributed by atoms with van der Waals surface area (Å²) in [6.07, 6.45) is 3.25.